The molecule has 6 heteroatoms. The van der Waals surface area contributed by atoms with Gasteiger partial charge in [-0.05, 0) is 36.2 Å². The van der Waals surface area contributed by atoms with Gasteiger partial charge in [0.15, 0.2) is 9.84 Å². The number of carbonyl (C=O) groups is 1. The molecule has 1 saturated heterocycles. The van der Waals surface area contributed by atoms with Crippen LogP contribution in [0, 0.1) is 5.92 Å². The van der Waals surface area contributed by atoms with Crippen LogP contribution in [0.2, 0.25) is 0 Å². The van der Waals surface area contributed by atoms with Gasteiger partial charge in [0.1, 0.15) is 0 Å². The largest absolute Gasteiger partial charge is 0.380 e. The molecule has 0 spiro atoms. The lowest BCUT2D eigenvalue weighted by molar-refractivity contribution is -0.133. The number of benzene rings is 2. The Labute approximate surface area is 146 Å². The maximum atomic E-state index is 12.7. The van der Waals surface area contributed by atoms with Crippen LogP contribution < -0.4 is 5.32 Å². The standard InChI is InChI=1S/C19H19NO4S/c21-19(14-11-24-12-14)20-15-6-4-5-13(9-15)17-10-18(17)25(22,23)16-7-2-1-3-8-16/h1-9,14,17-18H,10-12H2,(H,20,21). The number of rotatable bonds is 5. The molecule has 2 aromatic rings. The van der Waals surface area contributed by atoms with Crippen molar-refractivity contribution >= 4 is 21.4 Å². The molecule has 4 rings (SSSR count). The molecule has 2 aromatic carbocycles. The minimum absolute atomic E-state index is 0.0194. The SMILES string of the molecule is O=C(Nc1cccc(C2CC2S(=O)(=O)c2ccccc2)c1)C1COC1. The number of anilines is 1. The van der Waals surface area contributed by atoms with E-state index in [-0.39, 0.29) is 23.0 Å². The molecule has 1 heterocycles. The average Bonchev–Trinajstić information content (AvgIpc) is 3.35. The van der Waals surface area contributed by atoms with E-state index in [0.717, 1.165) is 5.56 Å². The molecule has 1 amide bonds. The molecule has 0 aromatic heterocycles. The summed E-state index contributed by atoms with van der Waals surface area (Å²) in [5, 5.41) is 2.50. The number of amides is 1. The molecule has 1 aliphatic heterocycles. The highest BCUT2D eigenvalue weighted by Gasteiger charge is 2.48. The topological polar surface area (TPSA) is 72.5 Å². The van der Waals surface area contributed by atoms with Crippen LogP contribution in [-0.2, 0) is 19.4 Å². The highest BCUT2D eigenvalue weighted by molar-refractivity contribution is 7.92. The molecular formula is C19H19NO4S. The van der Waals surface area contributed by atoms with Crippen LogP contribution in [0.1, 0.15) is 17.9 Å². The van der Waals surface area contributed by atoms with Gasteiger partial charge in [0, 0.05) is 11.6 Å². The van der Waals surface area contributed by atoms with Crippen LogP contribution in [0.5, 0.6) is 0 Å². The Morgan fingerprint density at radius 2 is 1.80 bits per heavy atom. The van der Waals surface area contributed by atoms with Crippen molar-refractivity contribution in [1.82, 2.24) is 0 Å². The van der Waals surface area contributed by atoms with Crippen LogP contribution in [0.25, 0.3) is 0 Å². The van der Waals surface area contributed by atoms with E-state index in [9.17, 15) is 13.2 Å². The highest BCUT2D eigenvalue weighted by Crippen LogP contribution is 2.48. The van der Waals surface area contributed by atoms with Gasteiger partial charge >= 0.3 is 0 Å². The van der Waals surface area contributed by atoms with Crippen LogP contribution in [0.3, 0.4) is 0 Å². The second-order valence-electron chi connectivity index (χ2n) is 6.59. The van der Waals surface area contributed by atoms with E-state index in [1.165, 1.54) is 0 Å². The number of carbonyl (C=O) groups excluding carboxylic acids is 1. The van der Waals surface area contributed by atoms with Crippen molar-refractivity contribution in [3.63, 3.8) is 0 Å². The van der Waals surface area contributed by atoms with Crippen molar-refractivity contribution in [1.29, 1.82) is 0 Å². The van der Waals surface area contributed by atoms with Gasteiger partial charge in [-0.2, -0.15) is 0 Å². The Morgan fingerprint density at radius 3 is 2.48 bits per heavy atom. The van der Waals surface area contributed by atoms with E-state index >= 15 is 0 Å². The monoisotopic (exact) mass is 357 g/mol. The van der Waals surface area contributed by atoms with Gasteiger partial charge in [-0.1, -0.05) is 30.3 Å². The average molecular weight is 357 g/mol. The Bertz CT molecular complexity index is 891. The summed E-state index contributed by atoms with van der Waals surface area (Å²) in [6, 6.07) is 16.1. The Morgan fingerprint density at radius 1 is 1.04 bits per heavy atom. The molecule has 2 atom stereocenters. The van der Waals surface area contributed by atoms with Gasteiger partial charge in [0.05, 0.1) is 29.3 Å². The van der Waals surface area contributed by atoms with Gasteiger partial charge in [0.2, 0.25) is 5.91 Å². The molecule has 5 nitrogen and oxygen atoms in total. The van der Waals surface area contributed by atoms with E-state index in [0.29, 0.717) is 30.2 Å². The fourth-order valence-corrected chi connectivity index (χ4v) is 5.07. The number of hydrogen-bond donors (Lipinski definition) is 1. The summed E-state index contributed by atoms with van der Waals surface area (Å²) in [4.78, 5) is 12.4. The summed E-state index contributed by atoms with van der Waals surface area (Å²) in [7, 11) is -3.31. The van der Waals surface area contributed by atoms with Crippen LogP contribution >= 0.6 is 0 Å². The number of ether oxygens (including phenoxy) is 1. The van der Waals surface area contributed by atoms with Gasteiger partial charge in [-0.15, -0.1) is 0 Å². The van der Waals surface area contributed by atoms with E-state index in [2.05, 4.69) is 5.32 Å². The molecule has 1 N–H and O–H groups in total. The first kappa shape index (κ1) is 16.3. The Balaban J connectivity index is 1.48. The molecule has 2 aliphatic rings. The fraction of sp³-hybridized carbons (Fsp3) is 0.316. The number of hydrogen-bond acceptors (Lipinski definition) is 4. The molecule has 1 saturated carbocycles. The molecule has 2 unspecified atom stereocenters. The normalized spacial score (nSPS) is 22.9. The second kappa shape index (κ2) is 6.28. The zero-order valence-corrected chi connectivity index (χ0v) is 14.4. The maximum absolute atomic E-state index is 12.7. The predicted molar refractivity (Wildman–Crippen MR) is 94.2 cm³/mol. The third-order valence-corrected chi connectivity index (χ3v) is 7.04. The van der Waals surface area contributed by atoms with Gasteiger partial charge in [-0.25, -0.2) is 8.42 Å². The van der Waals surface area contributed by atoms with Gasteiger partial charge < -0.3 is 10.1 Å². The second-order valence-corrected chi connectivity index (χ2v) is 8.75. The molecule has 0 radical (unpaired) electrons. The summed E-state index contributed by atoms with van der Waals surface area (Å²) in [6.07, 6.45) is 0.616. The third kappa shape index (κ3) is 3.19. The predicted octanol–water partition coefficient (Wildman–Crippen LogP) is 2.60. The summed E-state index contributed by atoms with van der Waals surface area (Å²) in [5.74, 6) is -0.155. The summed E-state index contributed by atoms with van der Waals surface area (Å²) in [6.45, 7) is 0.928. The first-order valence-electron chi connectivity index (χ1n) is 8.33. The van der Waals surface area contributed by atoms with Crippen LogP contribution in [0.4, 0.5) is 5.69 Å². The number of sulfone groups is 1. The Kier molecular flexibility index (Phi) is 4.09. The van der Waals surface area contributed by atoms with E-state index in [4.69, 9.17) is 4.74 Å². The van der Waals surface area contributed by atoms with E-state index < -0.39 is 9.84 Å². The van der Waals surface area contributed by atoms with E-state index in [1.807, 2.05) is 30.3 Å². The maximum Gasteiger partial charge on any atom is 0.232 e. The van der Waals surface area contributed by atoms with Crippen molar-refractivity contribution in [2.24, 2.45) is 5.92 Å². The molecule has 2 fully saturated rings. The van der Waals surface area contributed by atoms with Crippen LogP contribution in [0.15, 0.2) is 59.5 Å². The minimum atomic E-state index is -3.31. The van der Waals surface area contributed by atoms with Crippen LogP contribution in [-0.4, -0.2) is 32.8 Å². The van der Waals surface area contributed by atoms with Crippen molar-refractivity contribution in [2.45, 2.75) is 22.5 Å². The highest BCUT2D eigenvalue weighted by atomic mass is 32.2. The summed E-state index contributed by atoms with van der Waals surface area (Å²) in [5.41, 5.74) is 1.66. The molecule has 25 heavy (non-hydrogen) atoms. The molecule has 0 bridgehead atoms. The van der Waals surface area contributed by atoms with E-state index in [1.54, 1.807) is 24.3 Å². The van der Waals surface area contributed by atoms with Crippen molar-refractivity contribution in [2.75, 3.05) is 18.5 Å². The van der Waals surface area contributed by atoms with Crippen molar-refractivity contribution in [3.8, 4) is 0 Å². The number of nitrogens with one attached hydrogen (secondary N) is 1. The first-order chi connectivity index (χ1) is 12.1. The zero-order valence-electron chi connectivity index (χ0n) is 13.6. The smallest absolute Gasteiger partial charge is 0.232 e. The van der Waals surface area contributed by atoms with Crippen molar-refractivity contribution < 1.29 is 17.9 Å². The third-order valence-electron chi connectivity index (χ3n) is 4.79. The lowest BCUT2D eigenvalue weighted by Gasteiger charge is -2.24. The molecular weight excluding hydrogens is 338 g/mol. The van der Waals surface area contributed by atoms with Gasteiger partial charge in [-0.3, -0.25) is 4.79 Å². The fourth-order valence-electron chi connectivity index (χ4n) is 3.13. The van der Waals surface area contributed by atoms with Crippen molar-refractivity contribution in [3.05, 3.63) is 60.2 Å². The first-order valence-corrected chi connectivity index (χ1v) is 9.88. The van der Waals surface area contributed by atoms with Gasteiger partial charge in [0.25, 0.3) is 0 Å². The Hall–Kier alpha value is -2.18. The lowest BCUT2D eigenvalue weighted by atomic mass is 10.1. The minimum Gasteiger partial charge on any atom is -0.380 e. The molecule has 1 aliphatic carbocycles. The quantitative estimate of drug-likeness (QED) is 0.893. The zero-order chi connectivity index (χ0) is 17.4. The lowest BCUT2D eigenvalue weighted by Crippen LogP contribution is -2.38. The molecule has 130 valence electrons. The summed E-state index contributed by atoms with van der Waals surface area (Å²) < 4.78 is 30.4. The summed E-state index contributed by atoms with van der Waals surface area (Å²) >= 11 is 0.